The van der Waals surface area contributed by atoms with Crippen LogP contribution in [0.4, 0.5) is 0 Å². The van der Waals surface area contributed by atoms with Gasteiger partial charge in [-0.1, -0.05) is 18.2 Å². The monoisotopic (exact) mass is 232 g/mol. The number of rotatable bonds is 4. The van der Waals surface area contributed by atoms with Gasteiger partial charge in [0.05, 0.1) is 0 Å². The van der Waals surface area contributed by atoms with Crippen molar-refractivity contribution in [2.24, 2.45) is 11.7 Å². The molecule has 1 aliphatic heterocycles. The fourth-order valence-corrected chi connectivity index (χ4v) is 2.69. The molecule has 2 heteroatoms. The number of aryl methyl sites for hydroxylation is 2. The third-order valence-electron chi connectivity index (χ3n) is 3.92. The van der Waals surface area contributed by atoms with Crippen molar-refractivity contribution in [3.63, 3.8) is 0 Å². The summed E-state index contributed by atoms with van der Waals surface area (Å²) in [6.07, 6.45) is 2.51. The van der Waals surface area contributed by atoms with Gasteiger partial charge < -0.3 is 5.73 Å². The van der Waals surface area contributed by atoms with Gasteiger partial charge in [-0.25, -0.2) is 0 Å². The van der Waals surface area contributed by atoms with Crippen LogP contribution in [-0.4, -0.2) is 24.5 Å². The van der Waals surface area contributed by atoms with Crippen LogP contribution >= 0.6 is 0 Å². The Labute approximate surface area is 105 Å². The Balaban J connectivity index is 1.91. The van der Waals surface area contributed by atoms with E-state index in [0.717, 1.165) is 19.0 Å². The van der Waals surface area contributed by atoms with Crippen LogP contribution in [0.5, 0.6) is 0 Å². The number of hydrogen-bond acceptors (Lipinski definition) is 2. The molecule has 1 aromatic rings. The normalized spacial score (nSPS) is 21.0. The summed E-state index contributed by atoms with van der Waals surface area (Å²) in [6.45, 7) is 8.76. The molecule has 2 nitrogen and oxygen atoms in total. The summed E-state index contributed by atoms with van der Waals surface area (Å²) in [6, 6.07) is 6.82. The van der Waals surface area contributed by atoms with E-state index in [1.165, 1.54) is 42.6 Å². The molecule has 1 aliphatic rings. The molecule has 0 radical (unpaired) electrons. The summed E-state index contributed by atoms with van der Waals surface area (Å²) in [5.41, 5.74) is 9.86. The average Bonchev–Trinajstić information content (AvgIpc) is 2.72. The maximum Gasteiger partial charge on any atom is 0.0233 e. The molecule has 0 bridgehead atoms. The van der Waals surface area contributed by atoms with Crippen molar-refractivity contribution < 1.29 is 0 Å². The van der Waals surface area contributed by atoms with Crippen LogP contribution in [0.25, 0.3) is 0 Å². The van der Waals surface area contributed by atoms with Gasteiger partial charge in [0.15, 0.2) is 0 Å². The number of benzene rings is 1. The Bertz CT molecular complexity index is 373. The molecule has 0 saturated carbocycles. The lowest BCUT2D eigenvalue weighted by Crippen LogP contribution is -2.21. The fourth-order valence-electron chi connectivity index (χ4n) is 2.69. The summed E-state index contributed by atoms with van der Waals surface area (Å²) >= 11 is 0. The van der Waals surface area contributed by atoms with Gasteiger partial charge in [-0.15, -0.1) is 0 Å². The van der Waals surface area contributed by atoms with Crippen LogP contribution in [-0.2, 0) is 6.54 Å². The van der Waals surface area contributed by atoms with Crippen LogP contribution in [0.15, 0.2) is 18.2 Å². The van der Waals surface area contributed by atoms with E-state index < -0.39 is 0 Å². The van der Waals surface area contributed by atoms with E-state index in [2.05, 4.69) is 36.9 Å². The minimum Gasteiger partial charge on any atom is -0.330 e. The molecule has 1 heterocycles. The maximum atomic E-state index is 5.62. The highest BCUT2D eigenvalue weighted by atomic mass is 15.1. The highest BCUT2D eigenvalue weighted by Gasteiger charge is 2.21. The van der Waals surface area contributed by atoms with E-state index in [1.54, 1.807) is 0 Å². The third-order valence-corrected chi connectivity index (χ3v) is 3.92. The standard InChI is InChI=1S/C15H24N2/c1-12-3-4-15(9-13(12)2)11-17-8-6-14(10-17)5-7-16/h3-4,9,14H,5-8,10-11,16H2,1-2H3. The molecule has 2 N–H and O–H groups in total. The average molecular weight is 232 g/mol. The van der Waals surface area contributed by atoms with Crippen LogP contribution in [0.1, 0.15) is 29.5 Å². The molecule has 1 atom stereocenters. The van der Waals surface area contributed by atoms with Crippen molar-refractivity contribution in [2.45, 2.75) is 33.2 Å². The SMILES string of the molecule is Cc1ccc(CN2CCC(CCN)C2)cc1C. The topological polar surface area (TPSA) is 29.3 Å². The molecule has 1 aromatic carbocycles. The zero-order valence-corrected chi connectivity index (χ0v) is 11.1. The van der Waals surface area contributed by atoms with Crippen molar-refractivity contribution in [1.29, 1.82) is 0 Å². The highest BCUT2D eigenvalue weighted by Crippen LogP contribution is 2.21. The second-order valence-corrected chi connectivity index (χ2v) is 5.39. The van der Waals surface area contributed by atoms with Crippen molar-refractivity contribution in [3.05, 3.63) is 34.9 Å². The summed E-state index contributed by atoms with van der Waals surface area (Å²) in [5, 5.41) is 0. The molecule has 1 saturated heterocycles. The quantitative estimate of drug-likeness (QED) is 0.864. The van der Waals surface area contributed by atoms with Crippen LogP contribution in [0.2, 0.25) is 0 Å². The van der Waals surface area contributed by atoms with E-state index in [0.29, 0.717) is 0 Å². The largest absolute Gasteiger partial charge is 0.330 e. The van der Waals surface area contributed by atoms with Crippen molar-refractivity contribution in [1.82, 2.24) is 4.90 Å². The minimum atomic E-state index is 0.826. The van der Waals surface area contributed by atoms with E-state index in [-0.39, 0.29) is 0 Å². The predicted molar refractivity (Wildman–Crippen MR) is 73.0 cm³/mol. The Morgan fingerprint density at radius 2 is 2.12 bits per heavy atom. The maximum absolute atomic E-state index is 5.62. The van der Waals surface area contributed by atoms with E-state index >= 15 is 0 Å². The molecule has 0 amide bonds. The van der Waals surface area contributed by atoms with Gasteiger partial charge in [-0.3, -0.25) is 4.90 Å². The number of nitrogens with zero attached hydrogens (tertiary/aromatic N) is 1. The third kappa shape index (κ3) is 3.30. The fraction of sp³-hybridized carbons (Fsp3) is 0.600. The zero-order chi connectivity index (χ0) is 12.3. The summed E-state index contributed by atoms with van der Waals surface area (Å²) in [7, 11) is 0. The molecule has 1 unspecified atom stereocenters. The molecule has 2 rings (SSSR count). The van der Waals surface area contributed by atoms with E-state index in [4.69, 9.17) is 5.73 Å². The van der Waals surface area contributed by atoms with Gasteiger partial charge in [0.25, 0.3) is 0 Å². The van der Waals surface area contributed by atoms with Crippen molar-refractivity contribution >= 4 is 0 Å². The number of likely N-dealkylation sites (tertiary alicyclic amines) is 1. The molecule has 0 aliphatic carbocycles. The Morgan fingerprint density at radius 1 is 1.29 bits per heavy atom. The molecule has 0 spiro atoms. The molecule has 17 heavy (non-hydrogen) atoms. The first-order valence-corrected chi connectivity index (χ1v) is 6.67. The molecule has 94 valence electrons. The first-order chi connectivity index (χ1) is 8.19. The van der Waals surface area contributed by atoms with Crippen LogP contribution in [0, 0.1) is 19.8 Å². The van der Waals surface area contributed by atoms with E-state index in [9.17, 15) is 0 Å². The first-order valence-electron chi connectivity index (χ1n) is 6.67. The number of nitrogens with two attached hydrogens (primary N) is 1. The Morgan fingerprint density at radius 3 is 2.82 bits per heavy atom. The van der Waals surface area contributed by atoms with Gasteiger partial charge in [-0.05, 0) is 62.4 Å². The van der Waals surface area contributed by atoms with Gasteiger partial charge in [0, 0.05) is 13.1 Å². The minimum absolute atomic E-state index is 0.826. The zero-order valence-electron chi connectivity index (χ0n) is 11.1. The highest BCUT2D eigenvalue weighted by molar-refractivity contribution is 5.29. The Hall–Kier alpha value is -0.860. The summed E-state index contributed by atoms with van der Waals surface area (Å²) < 4.78 is 0. The molecular formula is C15H24N2. The summed E-state index contributed by atoms with van der Waals surface area (Å²) in [5.74, 6) is 0.826. The molecule has 1 fully saturated rings. The molecular weight excluding hydrogens is 208 g/mol. The van der Waals surface area contributed by atoms with Crippen molar-refractivity contribution in [2.75, 3.05) is 19.6 Å². The lowest BCUT2D eigenvalue weighted by Gasteiger charge is -2.16. The lowest BCUT2D eigenvalue weighted by atomic mass is 10.1. The first kappa shape index (κ1) is 12.6. The van der Waals surface area contributed by atoms with Crippen molar-refractivity contribution in [3.8, 4) is 0 Å². The summed E-state index contributed by atoms with van der Waals surface area (Å²) in [4.78, 5) is 2.56. The smallest absolute Gasteiger partial charge is 0.0233 e. The Kier molecular flexibility index (Phi) is 4.19. The van der Waals surface area contributed by atoms with E-state index in [1.807, 2.05) is 0 Å². The van der Waals surface area contributed by atoms with Crippen LogP contribution < -0.4 is 5.73 Å². The molecule has 0 aromatic heterocycles. The predicted octanol–water partition coefficient (Wildman–Crippen LogP) is 2.47. The second kappa shape index (κ2) is 5.65. The lowest BCUT2D eigenvalue weighted by molar-refractivity contribution is 0.314. The van der Waals surface area contributed by atoms with Gasteiger partial charge in [0.2, 0.25) is 0 Å². The van der Waals surface area contributed by atoms with Gasteiger partial charge in [-0.2, -0.15) is 0 Å². The second-order valence-electron chi connectivity index (χ2n) is 5.39. The van der Waals surface area contributed by atoms with Gasteiger partial charge in [0.1, 0.15) is 0 Å². The number of hydrogen-bond donors (Lipinski definition) is 1. The van der Waals surface area contributed by atoms with Gasteiger partial charge >= 0.3 is 0 Å². The van der Waals surface area contributed by atoms with Crippen LogP contribution in [0.3, 0.4) is 0 Å².